The van der Waals surface area contributed by atoms with Gasteiger partial charge in [-0.25, -0.2) is 18.2 Å². The van der Waals surface area contributed by atoms with Crippen molar-refractivity contribution >= 4 is 27.5 Å². The van der Waals surface area contributed by atoms with E-state index in [2.05, 4.69) is 5.10 Å². The molecule has 0 bridgehead atoms. The Bertz CT molecular complexity index is 918. The summed E-state index contributed by atoms with van der Waals surface area (Å²) in [6.45, 7) is 2.85. The summed E-state index contributed by atoms with van der Waals surface area (Å²) in [5.41, 5.74) is 1.96. The summed E-state index contributed by atoms with van der Waals surface area (Å²) in [5.74, 6) is -0.130. The maximum Gasteiger partial charge on any atom is 0.257 e. The monoisotopic (exact) mass is 396 g/mol. The van der Waals surface area contributed by atoms with Gasteiger partial charge in [-0.1, -0.05) is 23.7 Å². The first-order valence-corrected chi connectivity index (χ1v) is 10.4. The number of para-hydroxylation sites is 1. The largest absolute Gasteiger partial charge is 0.339 e. The molecule has 1 amide bonds. The predicted octanol–water partition coefficient (Wildman–Crippen LogP) is 1.97. The molecule has 140 valence electrons. The summed E-state index contributed by atoms with van der Waals surface area (Å²) >= 11 is 6.22. The number of hydrogen-bond acceptors (Lipinski definition) is 4. The second-order valence-corrected chi connectivity index (χ2v) is 8.64. The van der Waals surface area contributed by atoms with Crippen LogP contribution in [0.5, 0.6) is 0 Å². The second-order valence-electron chi connectivity index (χ2n) is 6.57. The van der Waals surface area contributed by atoms with Gasteiger partial charge in [0, 0.05) is 13.1 Å². The number of benzene rings is 1. The van der Waals surface area contributed by atoms with Crippen LogP contribution in [0.15, 0.2) is 30.5 Å². The fraction of sp³-hybridized carbons (Fsp3) is 0.412. The molecule has 7 nitrogen and oxygen atoms in total. The highest BCUT2D eigenvalue weighted by atomic mass is 35.5. The SMILES string of the molecule is Cc1c(C(=O)N2CCC(CS(N)(=O)=O)CC2)cnn1-c1ccccc1Cl. The molecule has 2 N–H and O–H groups in total. The van der Waals surface area contributed by atoms with E-state index < -0.39 is 10.0 Å². The molecule has 1 fully saturated rings. The number of piperidine rings is 1. The molecule has 1 aromatic heterocycles. The highest BCUT2D eigenvalue weighted by Gasteiger charge is 2.28. The van der Waals surface area contributed by atoms with E-state index in [0.29, 0.717) is 36.5 Å². The zero-order chi connectivity index (χ0) is 18.9. The average molecular weight is 397 g/mol. The molecule has 2 heterocycles. The van der Waals surface area contributed by atoms with Crippen molar-refractivity contribution in [2.75, 3.05) is 18.8 Å². The van der Waals surface area contributed by atoms with Crippen LogP contribution < -0.4 is 5.14 Å². The van der Waals surface area contributed by atoms with E-state index in [-0.39, 0.29) is 17.6 Å². The van der Waals surface area contributed by atoms with E-state index >= 15 is 0 Å². The molecule has 1 saturated heterocycles. The van der Waals surface area contributed by atoms with Crippen molar-refractivity contribution < 1.29 is 13.2 Å². The van der Waals surface area contributed by atoms with Crippen molar-refractivity contribution in [1.29, 1.82) is 0 Å². The Kier molecular flexibility index (Phi) is 5.36. The zero-order valence-electron chi connectivity index (χ0n) is 14.4. The molecule has 0 atom stereocenters. The standard InChI is InChI=1S/C17H21ClN4O3S/c1-12-14(10-20-22(12)16-5-3-2-4-15(16)18)17(23)21-8-6-13(7-9-21)11-26(19,24)25/h2-5,10,13H,6-9,11H2,1H3,(H2,19,24,25). The van der Waals surface area contributed by atoms with Gasteiger partial charge in [0.05, 0.1) is 33.9 Å². The average Bonchev–Trinajstić information content (AvgIpc) is 2.95. The van der Waals surface area contributed by atoms with E-state index in [0.717, 1.165) is 11.4 Å². The number of hydrogen-bond donors (Lipinski definition) is 1. The molecule has 1 aliphatic heterocycles. The summed E-state index contributed by atoms with van der Waals surface area (Å²) in [5, 5.41) is 9.98. The molecule has 9 heteroatoms. The molecule has 0 spiro atoms. The van der Waals surface area contributed by atoms with Gasteiger partial charge in [0.15, 0.2) is 0 Å². The lowest BCUT2D eigenvalue weighted by Crippen LogP contribution is -2.40. The topological polar surface area (TPSA) is 98.3 Å². The molecule has 1 aliphatic rings. The van der Waals surface area contributed by atoms with Crippen molar-refractivity contribution in [3.8, 4) is 5.69 Å². The van der Waals surface area contributed by atoms with Crippen LogP contribution in [0.4, 0.5) is 0 Å². The molecule has 2 aromatic rings. The maximum atomic E-state index is 12.8. The number of sulfonamides is 1. The number of carbonyl (C=O) groups excluding carboxylic acids is 1. The fourth-order valence-electron chi connectivity index (χ4n) is 3.29. The number of amides is 1. The smallest absolute Gasteiger partial charge is 0.257 e. The highest BCUT2D eigenvalue weighted by Crippen LogP contribution is 2.24. The molecule has 0 unspecified atom stereocenters. The van der Waals surface area contributed by atoms with Gasteiger partial charge in [0.1, 0.15) is 0 Å². The molecule has 0 saturated carbocycles. The van der Waals surface area contributed by atoms with E-state index in [9.17, 15) is 13.2 Å². The second kappa shape index (κ2) is 7.38. The van der Waals surface area contributed by atoms with E-state index in [1.807, 2.05) is 25.1 Å². The Morgan fingerprint density at radius 2 is 1.96 bits per heavy atom. The number of aromatic nitrogens is 2. The zero-order valence-corrected chi connectivity index (χ0v) is 16.0. The number of rotatable bonds is 4. The lowest BCUT2D eigenvalue weighted by atomic mass is 9.98. The van der Waals surface area contributed by atoms with E-state index in [1.165, 1.54) is 0 Å². The number of likely N-dealkylation sites (tertiary alicyclic amines) is 1. The first-order chi connectivity index (χ1) is 12.3. The van der Waals surface area contributed by atoms with Crippen molar-refractivity contribution in [2.24, 2.45) is 11.1 Å². The van der Waals surface area contributed by atoms with Crippen LogP contribution in [0.2, 0.25) is 5.02 Å². The minimum atomic E-state index is -3.48. The Balaban J connectivity index is 1.73. The van der Waals surface area contributed by atoms with E-state index in [1.54, 1.807) is 21.8 Å². The first-order valence-electron chi connectivity index (χ1n) is 8.35. The molecule has 3 rings (SSSR count). The van der Waals surface area contributed by atoms with Gasteiger partial charge in [-0.3, -0.25) is 4.79 Å². The van der Waals surface area contributed by atoms with E-state index in [4.69, 9.17) is 16.7 Å². The normalized spacial score (nSPS) is 16.0. The summed E-state index contributed by atoms with van der Waals surface area (Å²) in [6, 6.07) is 7.31. The predicted molar refractivity (Wildman–Crippen MR) is 99.9 cm³/mol. The van der Waals surface area contributed by atoms with Gasteiger partial charge >= 0.3 is 0 Å². The Morgan fingerprint density at radius 3 is 2.58 bits per heavy atom. The number of primary sulfonamides is 1. The van der Waals surface area contributed by atoms with Gasteiger partial charge in [-0.15, -0.1) is 0 Å². The van der Waals surface area contributed by atoms with Crippen LogP contribution in [-0.2, 0) is 10.0 Å². The lowest BCUT2D eigenvalue weighted by Gasteiger charge is -2.31. The third-order valence-corrected chi connectivity index (χ3v) is 5.95. The van der Waals surface area contributed by atoms with Gasteiger partial charge in [-0.05, 0) is 37.8 Å². The van der Waals surface area contributed by atoms with Crippen LogP contribution >= 0.6 is 11.6 Å². The Morgan fingerprint density at radius 1 is 1.31 bits per heavy atom. The molecular formula is C17H21ClN4O3S. The van der Waals surface area contributed by atoms with Gasteiger partial charge in [-0.2, -0.15) is 5.10 Å². The number of nitrogens with two attached hydrogens (primary N) is 1. The summed E-state index contributed by atoms with van der Waals surface area (Å²) in [6.07, 6.45) is 2.80. The van der Waals surface area contributed by atoms with Crippen LogP contribution in [0.1, 0.15) is 28.9 Å². The van der Waals surface area contributed by atoms with Crippen molar-refractivity contribution in [1.82, 2.24) is 14.7 Å². The van der Waals surface area contributed by atoms with Crippen molar-refractivity contribution in [3.63, 3.8) is 0 Å². The Hall–Kier alpha value is -1.90. The molecule has 1 aromatic carbocycles. The quantitative estimate of drug-likeness (QED) is 0.854. The molecule has 26 heavy (non-hydrogen) atoms. The third kappa shape index (κ3) is 4.08. The van der Waals surface area contributed by atoms with Crippen LogP contribution in [0.25, 0.3) is 5.69 Å². The van der Waals surface area contributed by atoms with Crippen LogP contribution in [-0.4, -0.2) is 47.8 Å². The molecule has 0 aliphatic carbocycles. The van der Waals surface area contributed by atoms with Crippen LogP contribution in [0, 0.1) is 12.8 Å². The Labute approximate surface area is 157 Å². The summed E-state index contributed by atoms with van der Waals surface area (Å²) < 4.78 is 24.1. The number of carbonyl (C=O) groups is 1. The van der Waals surface area contributed by atoms with Gasteiger partial charge in [0.25, 0.3) is 5.91 Å². The maximum absolute atomic E-state index is 12.8. The molecular weight excluding hydrogens is 376 g/mol. The molecule has 0 radical (unpaired) electrons. The third-order valence-electron chi connectivity index (χ3n) is 4.69. The highest BCUT2D eigenvalue weighted by molar-refractivity contribution is 7.89. The number of halogens is 1. The number of nitrogens with zero attached hydrogens (tertiary/aromatic N) is 3. The van der Waals surface area contributed by atoms with Crippen LogP contribution in [0.3, 0.4) is 0 Å². The minimum absolute atomic E-state index is 0.000922. The van der Waals surface area contributed by atoms with Crippen molar-refractivity contribution in [3.05, 3.63) is 46.7 Å². The summed E-state index contributed by atoms with van der Waals surface area (Å²) in [7, 11) is -3.48. The first kappa shape index (κ1) is 18.9. The minimum Gasteiger partial charge on any atom is -0.339 e. The summed E-state index contributed by atoms with van der Waals surface area (Å²) in [4.78, 5) is 14.6. The fourth-order valence-corrected chi connectivity index (χ4v) is 4.49. The van der Waals surface area contributed by atoms with Gasteiger partial charge in [0.2, 0.25) is 10.0 Å². The van der Waals surface area contributed by atoms with Crippen molar-refractivity contribution in [2.45, 2.75) is 19.8 Å². The lowest BCUT2D eigenvalue weighted by molar-refractivity contribution is 0.0697. The van der Waals surface area contributed by atoms with Gasteiger partial charge < -0.3 is 4.90 Å².